The van der Waals surface area contributed by atoms with Crippen molar-refractivity contribution in [1.29, 1.82) is 0 Å². The maximum atomic E-state index is 14.8. The van der Waals surface area contributed by atoms with Crippen LogP contribution in [0.15, 0.2) is 54.7 Å². The first-order valence-corrected chi connectivity index (χ1v) is 13.7. The molecular formula is C27H22FN5O4S2. The molecule has 9 nitrogen and oxygen atoms in total. The Morgan fingerprint density at radius 3 is 2.49 bits per heavy atom. The van der Waals surface area contributed by atoms with E-state index in [0.717, 1.165) is 24.7 Å². The third kappa shape index (κ3) is 4.55. The van der Waals surface area contributed by atoms with E-state index in [9.17, 15) is 19.1 Å². The van der Waals surface area contributed by atoms with Crippen LogP contribution in [0.25, 0.3) is 30.4 Å². The average molecular weight is 564 g/mol. The summed E-state index contributed by atoms with van der Waals surface area (Å²) in [5.74, 6) is -1.24. The molecule has 0 spiro atoms. The Balaban J connectivity index is 1.22. The molecule has 39 heavy (non-hydrogen) atoms. The molecule has 1 aliphatic carbocycles. The van der Waals surface area contributed by atoms with Crippen molar-refractivity contribution in [3.05, 3.63) is 71.8 Å². The predicted molar refractivity (Wildman–Crippen MR) is 146 cm³/mol. The van der Waals surface area contributed by atoms with Crippen molar-refractivity contribution in [2.24, 2.45) is 7.05 Å². The van der Waals surface area contributed by atoms with Gasteiger partial charge in [0.2, 0.25) is 0 Å². The summed E-state index contributed by atoms with van der Waals surface area (Å²) in [6.45, 7) is 1.80. The lowest BCUT2D eigenvalue weighted by molar-refractivity contribution is -0.140. The van der Waals surface area contributed by atoms with Crippen LogP contribution >= 0.6 is 22.7 Å². The van der Waals surface area contributed by atoms with Crippen LogP contribution in [-0.2, 0) is 22.0 Å². The zero-order valence-corrected chi connectivity index (χ0v) is 22.5. The maximum Gasteiger partial charge on any atom is 0.413 e. The van der Waals surface area contributed by atoms with Gasteiger partial charge in [-0.2, -0.15) is 0 Å². The molecule has 198 valence electrons. The Hall–Kier alpha value is -4.16. The number of amides is 1. The third-order valence-corrected chi connectivity index (χ3v) is 9.13. The number of aryl methyl sites for hydroxylation is 1. The van der Waals surface area contributed by atoms with E-state index in [1.165, 1.54) is 39.6 Å². The SMILES string of the molecule is C[C@@H](OC(=O)Nc1c(-c2cc3sc(-c4cnc(C5(C(=O)O)CC5)c(F)c4)cc3s2)nnn1C)c1ccccc1. The van der Waals surface area contributed by atoms with Crippen LogP contribution in [0.3, 0.4) is 0 Å². The van der Waals surface area contributed by atoms with Crippen molar-refractivity contribution in [3.63, 3.8) is 0 Å². The van der Waals surface area contributed by atoms with Crippen LogP contribution in [0, 0.1) is 5.82 Å². The van der Waals surface area contributed by atoms with Gasteiger partial charge in [0.05, 0.1) is 10.6 Å². The summed E-state index contributed by atoms with van der Waals surface area (Å²) in [4.78, 5) is 30.0. The number of nitrogens with one attached hydrogen (secondary N) is 1. The standard InChI is InChI=1S/C27H22FN5O4S2/c1-14(15-6-4-3-5-7-15)37-26(36)30-24-22(31-32-33(24)2)21-12-20-19(39-21)11-18(38-20)16-10-17(28)23(29-13-16)27(8-9-27)25(34)35/h3-7,10-14H,8-9H2,1-2H3,(H,30,36)(H,34,35)/t14-/m1/s1. The number of carbonyl (C=O) groups excluding carboxylic acids is 1. The number of fused-ring (bicyclic) bond motifs is 1. The number of aliphatic carboxylic acids is 1. The normalized spacial score (nSPS) is 14.7. The molecule has 0 radical (unpaired) electrons. The Morgan fingerprint density at radius 1 is 1.13 bits per heavy atom. The van der Waals surface area contributed by atoms with Crippen LogP contribution < -0.4 is 5.32 Å². The summed E-state index contributed by atoms with van der Waals surface area (Å²) in [6, 6.07) is 14.7. The van der Waals surface area contributed by atoms with Crippen LogP contribution in [0.1, 0.15) is 37.1 Å². The topological polar surface area (TPSA) is 119 Å². The number of anilines is 1. The van der Waals surface area contributed by atoms with Gasteiger partial charge in [0.15, 0.2) is 5.82 Å². The summed E-state index contributed by atoms with van der Waals surface area (Å²) in [6.07, 6.45) is 1.27. The molecule has 0 bridgehead atoms. The molecule has 0 unspecified atom stereocenters. The molecule has 4 aromatic heterocycles. The molecule has 4 heterocycles. The van der Waals surface area contributed by atoms with E-state index >= 15 is 0 Å². The first-order valence-electron chi connectivity index (χ1n) is 12.1. The number of thiophene rings is 2. The number of nitrogens with zero attached hydrogens (tertiary/aromatic N) is 4. The van der Waals surface area contributed by atoms with Crippen molar-refractivity contribution in [2.75, 3.05) is 5.32 Å². The number of ether oxygens (including phenoxy) is 1. The number of benzene rings is 1. The number of carboxylic acid groups (broad SMARTS) is 1. The van der Waals surface area contributed by atoms with E-state index in [0.29, 0.717) is 29.9 Å². The van der Waals surface area contributed by atoms with Gasteiger partial charge in [-0.25, -0.2) is 13.9 Å². The molecular weight excluding hydrogens is 541 g/mol. The average Bonchev–Trinajstić information content (AvgIpc) is 3.31. The highest BCUT2D eigenvalue weighted by Gasteiger charge is 2.54. The highest BCUT2D eigenvalue weighted by atomic mass is 32.1. The Morgan fingerprint density at radius 2 is 1.82 bits per heavy atom. The van der Waals surface area contributed by atoms with Crippen LogP contribution in [0.2, 0.25) is 0 Å². The van der Waals surface area contributed by atoms with Gasteiger partial charge in [-0.05, 0) is 43.5 Å². The number of carbonyl (C=O) groups is 2. The molecule has 2 N–H and O–H groups in total. The van der Waals surface area contributed by atoms with Gasteiger partial charge in [-0.15, -0.1) is 27.8 Å². The quantitative estimate of drug-likeness (QED) is 0.236. The summed E-state index contributed by atoms with van der Waals surface area (Å²) in [7, 11) is 1.68. The number of hydrogen-bond acceptors (Lipinski definition) is 8. The number of rotatable bonds is 7. The van der Waals surface area contributed by atoms with Crippen molar-refractivity contribution < 1.29 is 23.8 Å². The lowest BCUT2D eigenvalue weighted by atomic mass is 10.0. The maximum absolute atomic E-state index is 14.8. The van der Waals surface area contributed by atoms with Crippen molar-refractivity contribution in [3.8, 4) is 21.0 Å². The summed E-state index contributed by atoms with van der Waals surface area (Å²) >= 11 is 2.93. The Labute approximate surface area is 229 Å². The van der Waals surface area contributed by atoms with Gasteiger partial charge in [-0.1, -0.05) is 35.5 Å². The molecule has 6 rings (SSSR count). The predicted octanol–water partition coefficient (Wildman–Crippen LogP) is 6.39. The first-order chi connectivity index (χ1) is 18.7. The number of aromatic nitrogens is 4. The highest BCUT2D eigenvalue weighted by Crippen LogP contribution is 2.49. The van der Waals surface area contributed by atoms with E-state index < -0.39 is 29.4 Å². The monoisotopic (exact) mass is 563 g/mol. The van der Waals surface area contributed by atoms with E-state index in [1.54, 1.807) is 14.0 Å². The largest absolute Gasteiger partial charge is 0.481 e. The van der Waals surface area contributed by atoms with E-state index in [2.05, 4.69) is 20.6 Å². The van der Waals surface area contributed by atoms with E-state index in [4.69, 9.17) is 4.74 Å². The molecule has 1 aliphatic rings. The fraction of sp³-hybridized carbons (Fsp3) is 0.222. The second-order valence-corrected chi connectivity index (χ2v) is 11.6. The van der Waals surface area contributed by atoms with Gasteiger partial charge >= 0.3 is 12.1 Å². The molecule has 1 amide bonds. The smallest absolute Gasteiger partial charge is 0.413 e. The van der Waals surface area contributed by atoms with Gasteiger partial charge in [0.1, 0.15) is 23.0 Å². The molecule has 1 aromatic carbocycles. The molecule has 0 saturated heterocycles. The third-order valence-electron chi connectivity index (χ3n) is 6.78. The fourth-order valence-electron chi connectivity index (χ4n) is 4.44. The summed E-state index contributed by atoms with van der Waals surface area (Å²) in [5, 5.41) is 20.5. The van der Waals surface area contributed by atoms with Crippen molar-refractivity contribution in [1.82, 2.24) is 20.0 Å². The minimum atomic E-state index is -1.19. The number of halogens is 1. The second kappa shape index (κ2) is 9.54. The minimum Gasteiger partial charge on any atom is -0.481 e. The van der Waals surface area contributed by atoms with Gasteiger partial charge in [0, 0.05) is 33.1 Å². The molecule has 1 saturated carbocycles. The zero-order chi connectivity index (χ0) is 27.3. The lowest BCUT2D eigenvalue weighted by Crippen LogP contribution is -2.22. The molecule has 1 atom stereocenters. The second-order valence-electron chi connectivity index (χ2n) is 9.38. The van der Waals surface area contributed by atoms with Gasteiger partial charge in [-0.3, -0.25) is 15.1 Å². The zero-order valence-electron chi connectivity index (χ0n) is 20.8. The van der Waals surface area contributed by atoms with Crippen LogP contribution in [0.5, 0.6) is 0 Å². The number of carboxylic acids is 1. The van der Waals surface area contributed by atoms with Crippen molar-refractivity contribution in [2.45, 2.75) is 31.3 Å². The van der Waals surface area contributed by atoms with E-state index in [-0.39, 0.29) is 5.69 Å². The number of hydrogen-bond donors (Lipinski definition) is 2. The van der Waals surface area contributed by atoms with Crippen LogP contribution in [0.4, 0.5) is 15.0 Å². The molecule has 0 aliphatic heterocycles. The fourth-order valence-corrected chi connectivity index (χ4v) is 6.80. The Kier molecular flexibility index (Phi) is 6.15. The van der Waals surface area contributed by atoms with Gasteiger partial charge in [0.25, 0.3) is 0 Å². The van der Waals surface area contributed by atoms with E-state index in [1.807, 2.05) is 42.5 Å². The summed E-state index contributed by atoms with van der Waals surface area (Å²) < 4.78 is 23.8. The first kappa shape index (κ1) is 25.1. The highest BCUT2D eigenvalue weighted by molar-refractivity contribution is 7.31. The minimum absolute atomic E-state index is 0.00113. The molecule has 1 fully saturated rings. The van der Waals surface area contributed by atoms with Gasteiger partial charge < -0.3 is 9.84 Å². The van der Waals surface area contributed by atoms with Crippen molar-refractivity contribution >= 4 is 50.0 Å². The molecule has 5 aromatic rings. The molecule has 12 heteroatoms. The summed E-state index contributed by atoms with van der Waals surface area (Å²) in [5.41, 5.74) is 0.784. The lowest BCUT2D eigenvalue weighted by Gasteiger charge is -2.14. The number of pyridine rings is 1. The Bertz CT molecular complexity index is 1690. The van der Waals surface area contributed by atoms with Crippen LogP contribution in [-0.4, -0.2) is 37.1 Å².